The van der Waals surface area contributed by atoms with Gasteiger partial charge in [0.05, 0.1) is 30.4 Å². The quantitative estimate of drug-likeness (QED) is 0.209. The maximum Gasteiger partial charge on any atom is 0.227 e. The van der Waals surface area contributed by atoms with Gasteiger partial charge in [-0.3, -0.25) is 19.3 Å². The number of hydrogen-bond acceptors (Lipinski definition) is 10. The molecule has 11 nitrogen and oxygen atoms in total. The highest BCUT2D eigenvalue weighted by Crippen LogP contribution is 2.36. The Morgan fingerprint density at radius 2 is 1.75 bits per heavy atom. The number of likely N-dealkylation sites (tertiary alicyclic amines) is 1. The molecule has 3 aliphatic rings. The predicted octanol–water partition coefficient (Wildman–Crippen LogP) is 5.81. The predicted molar refractivity (Wildman–Crippen MR) is 209 cm³/mol. The molecule has 3 fully saturated rings. The van der Waals surface area contributed by atoms with Crippen LogP contribution in [-0.2, 0) is 20.8 Å². The molecule has 53 heavy (non-hydrogen) atoms. The van der Waals surface area contributed by atoms with Crippen molar-refractivity contribution < 1.29 is 23.5 Å². The van der Waals surface area contributed by atoms with Crippen molar-refractivity contribution in [1.82, 2.24) is 25.1 Å². The fourth-order valence-corrected chi connectivity index (χ4v) is 7.55. The van der Waals surface area contributed by atoms with Gasteiger partial charge in [-0.1, -0.05) is 20.8 Å². The maximum atomic E-state index is 15.5. The molecule has 2 saturated heterocycles. The summed E-state index contributed by atoms with van der Waals surface area (Å²) in [6.07, 6.45) is 5.53. The van der Waals surface area contributed by atoms with Crippen LogP contribution in [0.5, 0.6) is 5.75 Å². The Kier molecular flexibility index (Phi) is 13.0. The van der Waals surface area contributed by atoms with Crippen molar-refractivity contribution in [2.75, 3.05) is 63.6 Å². The number of fused-ring (bicyclic) bond motifs is 1. The van der Waals surface area contributed by atoms with Gasteiger partial charge in [0.15, 0.2) is 5.78 Å². The molecule has 1 aliphatic carbocycles. The van der Waals surface area contributed by atoms with E-state index in [9.17, 15) is 14.4 Å². The van der Waals surface area contributed by atoms with Crippen molar-refractivity contribution in [2.45, 2.75) is 78.3 Å². The first-order chi connectivity index (χ1) is 24.9. The van der Waals surface area contributed by atoms with Crippen LogP contribution in [0.15, 0.2) is 36.7 Å². The van der Waals surface area contributed by atoms with Crippen LogP contribution in [0.3, 0.4) is 0 Å². The topological polar surface area (TPSA) is 120 Å². The minimum atomic E-state index is -0.595. The van der Waals surface area contributed by atoms with Crippen LogP contribution in [0.1, 0.15) is 65.4 Å². The lowest BCUT2D eigenvalue weighted by atomic mass is 9.76. The fourth-order valence-electron chi connectivity index (χ4n) is 7.55. The molecule has 0 unspecified atom stereocenters. The van der Waals surface area contributed by atoms with E-state index in [1.807, 2.05) is 39.0 Å². The molecule has 2 aliphatic heterocycles. The molecule has 3 aromatic rings. The number of piperazine rings is 1. The number of Topliss-reactive ketones (excluding diaryl/α,β-unsaturated/α-hetero) is 2. The van der Waals surface area contributed by atoms with Gasteiger partial charge >= 0.3 is 0 Å². The lowest BCUT2D eigenvalue weighted by Crippen LogP contribution is -2.48. The van der Waals surface area contributed by atoms with E-state index in [2.05, 4.69) is 30.4 Å². The second-order valence-corrected chi connectivity index (χ2v) is 15.9. The average molecular weight is 752 g/mol. The largest absolute Gasteiger partial charge is 0.496 e. The first-order valence-corrected chi connectivity index (χ1v) is 18.7. The van der Waals surface area contributed by atoms with Crippen LogP contribution in [-0.4, -0.2) is 103 Å². The summed E-state index contributed by atoms with van der Waals surface area (Å²) in [5, 5.41) is 6.91. The zero-order chi connectivity index (χ0) is 37.2. The number of anilines is 3. The SMILES string of the molecule is CN[C@@H](C)C(=O)C[C@H](C(=O)N1CCC[C@H]1C(=O)Cc1cc2c(Nc3ccc(N4CCN(CC5CC5)CC4)c(F)c3)ncnc2cc1OC)C(C)(C)C.Cl. The Hall–Kier alpha value is -3.87. The van der Waals surface area contributed by atoms with Crippen LogP contribution >= 0.6 is 12.4 Å². The summed E-state index contributed by atoms with van der Waals surface area (Å²) in [6, 6.07) is 7.84. The summed E-state index contributed by atoms with van der Waals surface area (Å²) in [7, 11) is 3.28. The second-order valence-electron chi connectivity index (χ2n) is 15.9. The van der Waals surface area contributed by atoms with Gasteiger partial charge in [0, 0.05) is 80.7 Å². The highest BCUT2D eigenvalue weighted by molar-refractivity contribution is 5.97. The monoisotopic (exact) mass is 751 g/mol. The standard InChI is InChI=1S/C40H54FN7O4.ClH/c1-25(42-5)35(49)21-30(40(2,3)4)39(51)48-13-7-8-34(48)36(50)19-27-18-29-32(22-37(27)52-6)43-24-44-38(29)45-28-11-12-33(31(41)20-28)47-16-14-46(15-17-47)23-26-9-10-26;/h11-12,18,20,22,24-26,30,34,42H,7-10,13-17,19,21,23H2,1-6H3,(H,43,44,45);1H/t25-,30+,34-;/m0./s1. The third-order valence-corrected chi connectivity index (χ3v) is 11.1. The summed E-state index contributed by atoms with van der Waals surface area (Å²) in [5.74, 6) is 0.717. The number of ether oxygens (including phenoxy) is 1. The summed E-state index contributed by atoms with van der Waals surface area (Å²) >= 11 is 0. The van der Waals surface area contributed by atoms with Crippen molar-refractivity contribution in [3.63, 3.8) is 0 Å². The normalized spacial score (nSPS) is 19.1. The smallest absolute Gasteiger partial charge is 0.227 e. The highest BCUT2D eigenvalue weighted by Gasteiger charge is 2.42. The number of hydrogen-bond donors (Lipinski definition) is 2. The van der Waals surface area contributed by atoms with Gasteiger partial charge in [0.1, 0.15) is 29.5 Å². The fraction of sp³-hybridized carbons (Fsp3) is 0.575. The van der Waals surface area contributed by atoms with Crippen LogP contribution in [0, 0.1) is 23.1 Å². The van der Waals surface area contributed by atoms with Crippen LogP contribution in [0.2, 0.25) is 0 Å². The maximum absolute atomic E-state index is 15.5. The van der Waals surface area contributed by atoms with Gasteiger partial charge in [-0.05, 0) is 75.3 Å². The number of carbonyl (C=O) groups is 3. The highest BCUT2D eigenvalue weighted by atomic mass is 35.5. The van der Waals surface area contributed by atoms with Crippen molar-refractivity contribution in [3.8, 4) is 5.75 Å². The molecule has 1 amide bonds. The molecule has 3 heterocycles. The van der Waals surface area contributed by atoms with E-state index >= 15 is 4.39 Å². The Balaban J connectivity index is 0.00000541. The molecule has 2 aromatic carbocycles. The summed E-state index contributed by atoms with van der Waals surface area (Å²) in [6.45, 7) is 12.8. The molecule has 0 bridgehead atoms. The first kappa shape index (κ1) is 40.3. The molecule has 0 radical (unpaired) electrons. The van der Waals surface area contributed by atoms with Crippen molar-refractivity contribution >= 4 is 58.0 Å². The van der Waals surface area contributed by atoms with Gasteiger partial charge in [-0.15, -0.1) is 12.4 Å². The Bertz CT molecular complexity index is 1790. The average Bonchev–Trinajstić information content (AvgIpc) is 3.80. The van der Waals surface area contributed by atoms with Gasteiger partial charge in [0.2, 0.25) is 5.91 Å². The van der Waals surface area contributed by atoms with Gasteiger partial charge in [-0.25, -0.2) is 14.4 Å². The van der Waals surface area contributed by atoms with E-state index in [-0.39, 0.29) is 54.6 Å². The number of aromatic nitrogens is 2. The molecular formula is C40H55ClFN7O4. The first-order valence-electron chi connectivity index (χ1n) is 18.7. The van der Waals surface area contributed by atoms with Crippen molar-refractivity contribution in [1.29, 1.82) is 0 Å². The zero-order valence-electron chi connectivity index (χ0n) is 31.9. The number of amides is 1. The third kappa shape index (κ3) is 9.45. The lowest BCUT2D eigenvalue weighted by molar-refractivity contribution is -0.145. The van der Waals surface area contributed by atoms with Gasteiger partial charge in [-0.2, -0.15) is 0 Å². The van der Waals surface area contributed by atoms with E-state index < -0.39 is 17.4 Å². The number of nitrogens with zero attached hydrogens (tertiary/aromatic N) is 5. The minimum Gasteiger partial charge on any atom is -0.496 e. The van der Waals surface area contributed by atoms with Crippen molar-refractivity contribution in [3.05, 3.63) is 48.0 Å². The molecule has 1 saturated carbocycles. The number of methoxy groups -OCH3 is 1. The van der Waals surface area contributed by atoms with Crippen LogP contribution in [0.25, 0.3) is 10.9 Å². The molecule has 288 valence electrons. The molecular weight excluding hydrogens is 697 g/mol. The Morgan fingerprint density at radius 3 is 2.40 bits per heavy atom. The molecule has 0 spiro atoms. The van der Waals surface area contributed by atoms with E-state index in [0.717, 1.165) is 38.6 Å². The number of halogens is 2. The van der Waals surface area contributed by atoms with E-state index in [1.165, 1.54) is 25.2 Å². The number of benzene rings is 2. The third-order valence-electron chi connectivity index (χ3n) is 11.1. The Labute approximate surface area is 318 Å². The molecule has 13 heteroatoms. The van der Waals surface area contributed by atoms with Crippen molar-refractivity contribution in [2.24, 2.45) is 17.3 Å². The van der Waals surface area contributed by atoms with E-state index in [4.69, 9.17) is 4.74 Å². The summed E-state index contributed by atoms with van der Waals surface area (Å²) < 4.78 is 21.2. The zero-order valence-corrected chi connectivity index (χ0v) is 32.7. The van der Waals surface area contributed by atoms with Gasteiger partial charge in [0.25, 0.3) is 0 Å². The lowest BCUT2D eigenvalue weighted by Gasteiger charge is -2.36. The summed E-state index contributed by atoms with van der Waals surface area (Å²) in [5.41, 5.74) is 1.94. The van der Waals surface area contributed by atoms with E-state index in [0.29, 0.717) is 58.8 Å². The minimum absolute atomic E-state index is 0. The molecule has 3 atom stereocenters. The number of carbonyl (C=O) groups excluding carboxylic acids is 3. The van der Waals surface area contributed by atoms with Gasteiger partial charge < -0.3 is 25.2 Å². The number of ketones is 2. The second kappa shape index (κ2) is 17.1. The Morgan fingerprint density at radius 1 is 1.02 bits per heavy atom. The van der Waals surface area contributed by atoms with E-state index in [1.54, 1.807) is 32.0 Å². The van der Waals surface area contributed by atoms with Crippen LogP contribution in [0.4, 0.5) is 21.6 Å². The number of likely N-dealkylation sites (N-methyl/N-ethyl adjacent to an activating group) is 1. The summed E-state index contributed by atoms with van der Waals surface area (Å²) in [4.78, 5) is 56.2. The van der Waals surface area contributed by atoms with Crippen LogP contribution < -0.4 is 20.3 Å². The molecule has 6 rings (SSSR count). The molecule has 2 N–H and O–H groups in total. The number of nitrogens with one attached hydrogen (secondary N) is 2. The number of rotatable bonds is 14. The molecule has 1 aromatic heterocycles.